The van der Waals surface area contributed by atoms with Gasteiger partial charge in [-0.05, 0) is 73.3 Å². The summed E-state index contributed by atoms with van der Waals surface area (Å²) in [6.45, 7) is 2.23. The third-order valence-electron chi connectivity index (χ3n) is 6.93. The lowest BCUT2D eigenvalue weighted by molar-refractivity contribution is -0.0228. The Kier molecular flexibility index (Phi) is 3.53. The maximum atomic E-state index is 11.3. The van der Waals surface area contributed by atoms with Gasteiger partial charge in [0.25, 0.3) is 0 Å². The average Bonchev–Trinajstić information content (AvgIpc) is 2.81. The van der Waals surface area contributed by atoms with Crippen LogP contribution in [0.15, 0.2) is 12.1 Å². The predicted molar refractivity (Wildman–Crippen MR) is 88.9 cm³/mol. The van der Waals surface area contributed by atoms with Crippen LogP contribution in [-0.4, -0.2) is 22.4 Å². The number of amides is 1. The standard InChI is InChI=1S/C19H25NO4/c1-19-7-6-13-12(14(19)4-5-16(19)22)3-2-10-8-11(21)9-15(17(10)13)24-18(20)23/h8-9,12-14,16,21-22H,2-7H2,1H3,(H2,20,23)/t12-,13+,14+,16-,19+/m1/s1. The number of benzene rings is 1. The first-order valence-corrected chi connectivity index (χ1v) is 8.91. The summed E-state index contributed by atoms with van der Waals surface area (Å²) in [7, 11) is 0. The third-order valence-corrected chi connectivity index (χ3v) is 6.93. The number of carbonyl (C=O) groups is 1. The first kappa shape index (κ1) is 15.8. The average molecular weight is 331 g/mol. The molecule has 0 aliphatic heterocycles. The van der Waals surface area contributed by atoms with Gasteiger partial charge in [-0.3, -0.25) is 0 Å². The maximum Gasteiger partial charge on any atom is 0.409 e. The highest BCUT2D eigenvalue weighted by molar-refractivity contribution is 5.69. The molecule has 2 fully saturated rings. The van der Waals surface area contributed by atoms with Crippen LogP contribution in [0.25, 0.3) is 0 Å². The summed E-state index contributed by atoms with van der Waals surface area (Å²) in [4.78, 5) is 11.3. The summed E-state index contributed by atoms with van der Waals surface area (Å²) in [6, 6.07) is 3.29. The largest absolute Gasteiger partial charge is 0.508 e. The van der Waals surface area contributed by atoms with Crippen molar-refractivity contribution in [1.82, 2.24) is 0 Å². The number of aryl methyl sites for hydroxylation is 1. The molecule has 1 aromatic rings. The predicted octanol–water partition coefficient (Wildman–Crippen LogP) is 3.07. The lowest BCUT2D eigenvalue weighted by Crippen LogP contribution is -2.44. The second-order valence-electron chi connectivity index (χ2n) is 7.99. The molecule has 5 nitrogen and oxygen atoms in total. The minimum absolute atomic E-state index is 0.0142. The van der Waals surface area contributed by atoms with Crippen molar-refractivity contribution in [2.45, 2.75) is 57.5 Å². The fourth-order valence-corrected chi connectivity index (χ4v) is 5.83. The Morgan fingerprint density at radius 2 is 2.08 bits per heavy atom. The highest BCUT2D eigenvalue weighted by Gasteiger charge is 2.54. The first-order valence-electron chi connectivity index (χ1n) is 8.91. The molecule has 0 radical (unpaired) electrons. The summed E-state index contributed by atoms with van der Waals surface area (Å²) < 4.78 is 5.23. The van der Waals surface area contributed by atoms with E-state index in [0.29, 0.717) is 23.5 Å². The molecule has 2 saturated carbocycles. The van der Waals surface area contributed by atoms with Gasteiger partial charge < -0.3 is 20.7 Å². The molecule has 0 unspecified atom stereocenters. The zero-order chi connectivity index (χ0) is 17.1. The third kappa shape index (κ3) is 2.21. The molecule has 0 aromatic heterocycles. The van der Waals surface area contributed by atoms with Gasteiger partial charge in [0.1, 0.15) is 11.5 Å². The van der Waals surface area contributed by atoms with Crippen LogP contribution in [0.2, 0.25) is 0 Å². The van der Waals surface area contributed by atoms with Crippen LogP contribution in [0.1, 0.15) is 56.1 Å². The van der Waals surface area contributed by atoms with Crippen molar-refractivity contribution in [3.8, 4) is 11.5 Å². The molecule has 4 rings (SSSR count). The van der Waals surface area contributed by atoms with Gasteiger partial charge >= 0.3 is 6.09 Å². The van der Waals surface area contributed by atoms with Crippen LogP contribution >= 0.6 is 0 Å². The highest BCUT2D eigenvalue weighted by Crippen LogP contribution is 2.62. The Morgan fingerprint density at radius 3 is 2.83 bits per heavy atom. The van der Waals surface area contributed by atoms with Crippen LogP contribution in [-0.2, 0) is 6.42 Å². The van der Waals surface area contributed by atoms with E-state index in [2.05, 4.69) is 6.92 Å². The Labute approximate surface area is 141 Å². The number of nitrogens with two attached hydrogens (primary N) is 1. The fraction of sp³-hybridized carbons (Fsp3) is 0.632. The number of aliphatic hydroxyl groups excluding tert-OH is 1. The molecular formula is C19H25NO4. The first-order chi connectivity index (χ1) is 11.4. The van der Waals surface area contributed by atoms with Crippen molar-refractivity contribution in [3.63, 3.8) is 0 Å². The van der Waals surface area contributed by atoms with E-state index in [9.17, 15) is 15.0 Å². The molecule has 1 amide bonds. The number of hydrogen-bond donors (Lipinski definition) is 3. The summed E-state index contributed by atoms with van der Waals surface area (Å²) >= 11 is 0. The zero-order valence-corrected chi connectivity index (χ0v) is 14.0. The molecule has 24 heavy (non-hydrogen) atoms. The molecule has 5 heteroatoms. The molecule has 0 spiro atoms. The summed E-state index contributed by atoms with van der Waals surface area (Å²) in [6.07, 6.45) is 4.79. The van der Waals surface area contributed by atoms with E-state index in [1.54, 1.807) is 6.07 Å². The molecule has 0 saturated heterocycles. The quantitative estimate of drug-likeness (QED) is 0.737. The lowest BCUT2D eigenvalue weighted by atomic mass is 9.55. The van der Waals surface area contributed by atoms with Gasteiger partial charge in [-0.1, -0.05) is 6.92 Å². The van der Waals surface area contributed by atoms with Crippen molar-refractivity contribution in [2.75, 3.05) is 0 Å². The molecule has 3 aliphatic rings. The number of carbonyl (C=O) groups excluding carboxylic acids is 1. The van der Waals surface area contributed by atoms with E-state index < -0.39 is 6.09 Å². The summed E-state index contributed by atoms with van der Waals surface area (Å²) in [5.41, 5.74) is 7.35. The van der Waals surface area contributed by atoms with Crippen molar-refractivity contribution in [2.24, 2.45) is 23.0 Å². The van der Waals surface area contributed by atoms with E-state index >= 15 is 0 Å². The molecule has 5 atom stereocenters. The summed E-state index contributed by atoms with van der Waals surface area (Å²) in [5.74, 6) is 1.84. The van der Waals surface area contributed by atoms with E-state index in [4.69, 9.17) is 10.5 Å². The van der Waals surface area contributed by atoms with E-state index in [-0.39, 0.29) is 17.3 Å². The van der Waals surface area contributed by atoms with Crippen molar-refractivity contribution in [1.29, 1.82) is 0 Å². The van der Waals surface area contributed by atoms with Crippen LogP contribution in [0.3, 0.4) is 0 Å². The number of rotatable bonds is 1. The number of primary amides is 1. The molecule has 1 aromatic carbocycles. The minimum atomic E-state index is -0.846. The molecule has 0 bridgehead atoms. The van der Waals surface area contributed by atoms with Gasteiger partial charge in [-0.25, -0.2) is 4.79 Å². The molecule has 4 N–H and O–H groups in total. The molecule has 3 aliphatic carbocycles. The topological polar surface area (TPSA) is 92.8 Å². The monoisotopic (exact) mass is 331 g/mol. The minimum Gasteiger partial charge on any atom is -0.508 e. The van der Waals surface area contributed by atoms with Crippen LogP contribution < -0.4 is 10.5 Å². The number of aromatic hydroxyl groups is 1. The van der Waals surface area contributed by atoms with Crippen LogP contribution in [0.4, 0.5) is 4.79 Å². The number of hydrogen-bond acceptors (Lipinski definition) is 4. The summed E-state index contributed by atoms with van der Waals surface area (Å²) in [5, 5.41) is 20.4. The second-order valence-corrected chi connectivity index (χ2v) is 7.99. The van der Waals surface area contributed by atoms with E-state index in [0.717, 1.165) is 49.7 Å². The Hall–Kier alpha value is -1.75. The van der Waals surface area contributed by atoms with Gasteiger partial charge in [0.2, 0.25) is 0 Å². The van der Waals surface area contributed by atoms with Crippen molar-refractivity contribution >= 4 is 6.09 Å². The van der Waals surface area contributed by atoms with Gasteiger partial charge in [0, 0.05) is 11.6 Å². The number of phenols is 1. The molecule has 130 valence electrons. The highest BCUT2D eigenvalue weighted by atomic mass is 16.5. The van der Waals surface area contributed by atoms with Crippen LogP contribution in [0, 0.1) is 17.3 Å². The fourth-order valence-electron chi connectivity index (χ4n) is 5.83. The number of aliphatic hydroxyl groups is 1. The Morgan fingerprint density at radius 1 is 1.29 bits per heavy atom. The van der Waals surface area contributed by atoms with E-state index in [1.807, 2.05) is 0 Å². The Balaban J connectivity index is 1.75. The molecule has 0 heterocycles. The zero-order valence-electron chi connectivity index (χ0n) is 14.0. The second kappa shape index (κ2) is 5.38. The van der Waals surface area contributed by atoms with E-state index in [1.165, 1.54) is 6.07 Å². The number of fused-ring (bicyclic) bond motifs is 5. The smallest absolute Gasteiger partial charge is 0.409 e. The van der Waals surface area contributed by atoms with Gasteiger partial charge in [0.15, 0.2) is 0 Å². The SMILES string of the molecule is C[C@]12CC[C@@H]3c4c(cc(O)cc4OC(N)=O)CC[C@H]3[C@@H]1CC[C@H]2O. The molecular weight excluding hydrogens is 306 g/mol. The van der Waals surface area contributed by atoms with Gasteiger partial charge in [-0.15, -0.1) is 0 Å². The normalized spacial score (nSPS) is 37.2. The van der Waals surface area contributed by atoms with Crippen molar-refractivity contribution < 1.29 is 19.7 Å². The number of phenolic OH excluding ortho intramolecular Hbond substituents is 1. The van der Waals surface area contributed by atoms with Gasteiger partial charge in [-0.2, -0.15) is 0 Å². The van der Waals surface area contributed by atoms with Gasteiger partial charge in [0.05, 0.1) is 6.10 Å². The Bertz CT molecular complexity index is 688. The maximum absolute atomic E-state index is 11.3. The van der Waals surface area contributed by atoms with Crippen molar-refractivity contribution in [3.05, 3.63) is 23.3 Å². The lowest BCUT2D eigenvalue weighted by Gasteiger charge is -2.50. The van der Waals surface area contributed by atoms with Crippen LogP contribution in [0.5, 0.6) is 11.5 Å². The number of ether oxygens (including phenoxy) is 1.